The van der Waals surface area contributed by atoms with Crippen LogP contribution in [0, 0.1) is 10.1 Å². The summed E-state index contributed by atoms with van der Waals surface area (Å²) in [7, 11) is 0. The van der Waals surface area contributed by atoms with Crippen molar-refractivity contribution in [1.82, 2.24) is 0 Å². The van der Waals surface area contributed by atoms with E-state index in [1.54, 1.807) is 36.4 Å². The number of nitro benzene ring substituents is 1. The van der Waals surface area contributed by atoms with E-state index in [1.165, 1.54) is 12.1 Å². The van der Waals surface area contributed by atoms with Crippen molar-refractivity contribution < 1.29 is 14.5 Å². The average molecular weight is 243 g/mol. The Morgan fingerprint density at radius 2 is 1.44 bits per heavy atom. The quantitative estimate of drug-likeness (QED) is 0.470. The van der Waals surface area contributed by atoms with Crippen LogP contribution in [0.15, 0.2) is 48.5 Å². The van der Waals surface area contributed by atoms with Crippen molar-refractivity contribution in [2.24, 2.45) is 0 Å². The molecule has 2 aromatic rings. The monoisotopic (exact) mass is 243 g/mol. The second-order valence-electron chi connectivity index (χ2n) is 3.54. The molecule has 0 amide bonds. The van der Waals surface area contributed by atoms with E-state index in [-0.39, 0.29) is 5.69 Å². The van der Waals surface area contributed by atoms with E-state index in [1.807, 2.05) is 0 Å². The first kappa shape index (κ1) is 11.8. The molecule has 0 aliphatic heterocycles. The van der Waals surface area contributed by atoms with E-state index >= 15 is 0 Å². The summed E-state index contributed by atoms with van der Waals surface area (Å²) in [4.78, 5) is 20.2. The Morgan fingerprint density at radius 1 is 0.944 bits per heavy atom. The molecule has 90 valence electrons. The average Bonchev–Trinajstić information content (AvgIpc) is 2.40. The number of carbonyl (C=O) groups excluding carboxylic acids is 1. The highest BCUT2D eigenvalue weighted by Crippen LogP contribution is 2.24. The minimum atomic E-state index is -0.440. The number of ether oxygens (including phenoxy) is 1. The van der Waals surface area contributed by atoms with Crippen LogP contribution < -0.4 is 4.74 Å². The Hall–Kier alpha value is -2.69. The number of nitrogens with zero attached hydrogens (tertiary/aromatic N) is 1. The number of non-ortho nitro benzene ring substituents is 1. The molecule has 0 unspecified atom stereocenters. The number of rotatable bonds is 4. The van der Waals surface area contributed by atoms with Gasteiger partial charge in [-0.05, 0) is 35.4 Å². The predicted octanol–water partition coefficient (Wildman–Crippen LogP) is 2.80. The van der Waals surface area contributed by atoms with Gasteiger partial charge in [0.2, 0.25) is 0 Å². The summed E-state index contributed by atoms with van der Waals surface area (Å²) >= 11 is 0. The molecule has 0 spiro atoms. The number of nitro groups is 1. The van der Waals surface area contributed by atoms with Gasteiger partial charge in [0.25, 0.3) is 12.2 Å². The van der Waals surface area contributed by atoms with Gasteiger partial charge in [-0.3, -0.25) is 14.9 Å². The maximum Gasteiger partial charge on any atom is 0.298 e. The van der Waals surface area contributed by atoms with Crippen LogP contribution in [0.2, 0.25) is 0 Å². The van der Waals surface area contributed by atoms with Crippen LogP contribution in [0.25, 0.3) is 11.1 Å². The van der Waals surface area contributed by atoms with Crippen LogP contribution in [0.4, 0.5) is 5.69 Å². The third-order valence-electron chi connectivity index (χ3n) is 2.45. The van der Waals surface area contributed by atoms with Crippen LogP contribution in [-0.4, -0.2) is 11.4 Å². The summed E-state index contributed by atoms with van der Waals surface area (Å²) in [5, 5.41) is 10.5. The minimum Gasteiger partial charge on any atom is -0.429 e. The van der Waals surface area contributed by atoms with Gasteiger partial charge in [0, 0.05) is 12.1 Å². The molecule has 0 saturated carbocycles. The molecule has 5 nitrogen and oxygen atoms in total. The van der Waals surface area contributed by atoms with Crippen molar-refractivity contribution in [2.75, 3.05) is 0 Å². The maximum absolute atomic E-state index is 10.5. The van der Waals surface area contributed by atoms with Gasteiger partial charge >= 0.3 is 0 Å². The third kappa shape index (κ3) is 2.52. The largest absolute Gasteiger partial charge is 0.429 e. The molecular formula is C13H9NO4. The van der Waals surface area contributed by atoms with Crippen molar-refractivity contribution >= 4 is 12.2 Å². The third-order valence-corrected chi connectivity index (χ3v) is 2.45. The van der Waals surface area contributed by atoms with Gasteiger partial charge in [-0.25, -0.2) is 0 Å². The lowest BCUT2D eigenvalue weighted by atomic mass is 10.1. The number of benzene rings is 2. The Morgan fingerprint density at radius 3 is 1.89 bits per heavy atom. The highest BCUT2D eigenvalue weighted by Gasteiger charge is 2.05. The molecule has 0 radical (unpaired) electrons. The minimum absolute atomic E-state index is 0.0552. The molecule has 0 bridgehead atoms. The fraction of sp³-hybridized carbons (Fsp3) is 0. The van der Waals surface area contributed by atoms with E-state index in [0.29, 0.717) is 12.2 Å². The normalized spacial score (nSPS) is 9.78. The SMILES string of the molecule is O=COc1ccc(-c2ccc([N+](=O)[O-])cc2)cc1. The Labute approximate surface area is 103 Å². The molecule has 0 atom stereocenters. The lowest BCUT2D eigenvalue weighted by Crippen LogP contribution is -1.88. The molecule has 0 aliphatic carbocycles. The molecule has 0 saturated heterocycles. The van der Waals surface area contributed by atoms with Gasteiger partial charge in [0.15, 0.2) is 0 Å². The van der Waals surface area contributed by atoms with Gasteiger partial charge in [-0.1, -0.05) is 12.1 Å². The summed E-state index contributed by atoms with van der Waals surface area (Å²) in [6.07, 6.45) is 0. The summed E-state index contributed by atoms with van der Waals surface area (Å²) < 4.78 is 4.68. The van der Waals surface area contributed by atoms with Crippen LogP contribution >= 0.6 is 0 Å². The molecule has 0 fully saturated rings. The Kier molecular flexibility index (Phi) is 3.33. The zero-order valence-electron chi connectivity index (χ0n) is 9.28. The fourth-order valence-corrected chi connectivity index (χ4v) is 1.56. The van der Waals surface area contributed by atoms with E-state index in [9.17, 15) is 14.9 Å². The molecule has 18 heavy (non-hydrogen) atoms. The summed E-state index contributed by atoms with van der Waals surface area (Å²) in [6.45, 7) is 0.362. The van der Waals surface area contributed by atoms with E-state index in [4.69, 9.17) is 0 Å². The fourth-order valence-electron chi connectivity index (χ4n) is 1.56. The standard InChI is InChI=1S/C13H9NO4/c15-9-18-13-7-3-11(4-8-13)10-1-5-12(6-2-10)14(16)17/h1-9H. The smallest absolute Gasteiger partial charge is 0.298 e. The van der Waals surface area contributed by atoms with Crippen molar-refractivity contribution in [3.05, 3.63) is 58.6 Å². The first-order chi connectivity index (χ1) is 8.70. The highest BCUT2D eigenvalue weighted by molar-refractivity contribution is 5.65. The van der Waals surface area contributed by atoms with Crippen LogP contribution in [0.5, 0.6) is 5.75 Å². The molecule has 0 N–H and O–H groups in total. The Bertz CT molecular complexity index is 561. The highest BCUT2D eigenvalue weighted by atomic mass is 16.6. The molecule has 0 heterocycles. The molecule has 0 aliphatic rings. The van der Waals surface area contributed by atoms with Crippen LogP contribution in [0.3, 0.4) is 0 Å². The zero-order valence-corrected chi connectivity index (χ0v) is 9.28. The van der Waals surface area contributed by atoms with Gasteiger partial charge in [-0.15, -0.1) is 0 Å². The second kappa shape index (κ2) is 5.09. The lowest BCUT2D eigenvalue weighted by Gasteiger charge is -2.02. The summed E-state index contributed by atoms with van der Waals surface area (Å²) in [6, 6.07) is 13.1. The predicted molar refractivity (Wildman–Crippen MR) is 65.2 cm³/mol. The number of hydrogen-bond donors (Lipinski definition) is 0. The Balaban J connectivity index is 2.25. The first-order valence-electron chi connectivity index (χ1n) is 5.16. The second-order valence-corrected chi connectivity index (χ2v) is 3.54. The van der Waals surface area contributed by atoms with E-state index in [0.717, 1.165) is 11.1 Å². The number of hydrogen-bond acceptors (Lipinski definition) is 4. The van der Waals surface area contributed by atoms with Crippen LogP contribution in [-0.2, 0) is 4.79 Å². The molecule has 2 aromatic carbocycles. The van der Waals surface area contributed by atoms with Crippen molar-refractivity contribution in [2.45, 2.75) is 0 Å². The lowest BCUT2D eigenvalue weighted by molar-refractivity contribution is -0.384. The molecule has 5 heteroatoms. The maximum atomic E-state index is 10.5. The van der Waals surface area contributed by atoms with Gasteiger partial charge in [0.05, 0.1) is 4.92 Å². The van der Waals surface area contributed by atoms with Crippen molar-refractivity contribution in [3.8, 4) is 16.9 Å². The van der Waals surface area contributed by atoms with Crippen molar-refractivity contribution in [3.63, 3.8) is 0 Å². The zero-order chi connectivity index (χ0) is 13.0. The van der Waals surface area contributed by atoms with E-state index < -0.39 is 4.92 Å². The van der Waals surface area contributed by atoms with E-state index in [2.05, 4.69) is 4.74 Å². The van der Waals surface area contributed by atoms with Crippen molar-refractivity contribution in [1.29, 1.82) is 0 Å². The van der Waals surface area contributed by atoms with Gasteiger partial charge in [-0.2, -0.15) is 0 Å². The molecule has 2 rings (SSSR count). The van der Waals surface area contributed by atoms with Gasteiger partial charge < -0.3 is 4.74 Å². The summed E-state index contributed by atoms with van der Waals surface area (Å²) in [5.41, 5.74) is 1.81. The molecular weight excluding hydrogens is 234 g/mol. The summed E-state index contributed by atoms with van der Waals surface area (Å²) in [5.74, 6) is 0.454. The molecule has 0 aromatic heterocycles. The number of carbonyl (C=O) groups is 1. The first-order valence-corrected chi connectivity index (χ1v) is 5.16. The topological polar surface area (TPSA) is 69.4 Å². The van der Waals surface area contributed by atoms with Crippen LogP contribution in [0.1, 0.15) is 0 Å². The van der Waals surface area contributed by atoms with Gasteiger partial charge in [0.1, 0.15) is 5.75 Å².